The van der Waals surface area contributed by atoms with Gasteiger partial charge in [-0.25, -0.2) is 4.79 Å². The van der Waals surface area contributed by atoms with Gasteiger partial charge >= 0.3 is 6.03 Å². The third kappa shape index (κ3) is 6.16. The molecule has 112 valence electrons. The van der Waals surface area contributed by atoms with Gasteiger partial charge in [0.25, 0.3) is 0 Å². The van der Waals surface area contributed by atoms with E-state index in [1.165, 1.54) is 0 Å². The van der Waals surface area contributed by atoms with Crippen LogP contribution in [0.25, 0.3) is 0 Å². The molecule has 1 aromatic rings. The summed E-state index contributed by atoms with van der Waals surface area (Å²) in [5, 5.41) is 14.8. The molecular weight excluding hydrogens is 276 g/mol. The van der Waals surface area contributed by atoms with Gasteiger partial charge in [0.15, 0.2) is 0 Å². The summed E-state index contributed by atoms with van der Waals surface area (Å²) in [6.07, 6.45) is 2.69. The van der Waals surface area contributed by atoms with Crippen LogP contribution in [0.1, 0.15) is 25.3 Å². The Kier molecular flexibility index (Phi) is 7.25. The van der Waals surface area contributed by atoms with Crippen molar-refractivity contribution in [3.8, 4) is 0 Å². The maximum absolute atomic E-state index is 11.5. The molecule has 2 atom stereocenters. The van der Waals surface area contributed by atoms with Gasteiger partial charge in [-0.05, 0) is 24.1 Å². The lowest BCUT2D eigenvalue weighted by molar-refractivity contribution is 0.160. The molecular formula is C14H22N2O3S. The van der Waals surface area contributed by atoms with Crippen molar-refractivity contribution in [3.05, 3.63) is 29.8 Å². The van der Waals surface area contributed by atoms with Crippen molar-refractivity contribution >= 4 is 16.8 Å². The molecule has 1 aromatic carbocycles. The molecule has 20 heavy (non-hydrogen) atoms. The molecule has 0 fully saturated rings. The number of aliphatic hydroxyl groups excluding tert-OH is 1. The van der Waals surface area contributed by atoms with Crippen molar-refractivity contribution in [2.75, 3.05) is 12.8 Å². The van der Waals surface area contributed by atoms with E-state index in [0.717, 1.165) is 16.9 Å². The Bertz CT molecular complexity index is 448. The highest BCUT2D eigenvalue weighted by molar-refractivity contribution is 7.84. The van der Waals surface area contributed by atoms with Gasteiger partial charge in [0.05, 0.1) is 6.10 Å². The molecule has 0 radical (unpaired) electrons. The minimum absolute atomic E-state index is 0.257. The van der Waals surface area contributed by atoms with E-state index in [4.69, 9.17) is 0 Å². The second kappa shape index (κ2) is 8.71. The summed E-state index contributed by atoms with van der Waals surface area (Å²) in [5.41, 5.74) is 0.934. The summed E-state index contributed by atoms with van der Waals surface area (Å²) in [4.78, 5) is 12.3. The van der Waals surface area contributed by atoms with E-state index in [1.807, 2.05) is 19.1 Å². The normalized spacial score (nSPS) is 13.6. The number of benzene rings is 1. The summed E-state index contributed by atoms with van der Waals surface area (Å²) in [6, 6.07) is 6.95. The molecule has 6 heteroatoms. The van der Waals surface area contributed by atoms with Gasteiger partial charge in [0.1, 0.15) is 0 Å². The third-order valence-electron chi connectivity index (χ3n) is 2.83. The summed E-state index contributed by atoms with van der Waals surface area (Å²) in [7, 11) is -0.988. The van der Waals surface area contributed by atoms with Crippen molar-refractivity contribution < 1.29 is 14.1 Å². The monoisotopic (exact) mass is 298 g/mol. The van der Waals surface area contributed by atoms with Crippen molar-refractivity contribution in [2.45, 2.75) is 37.3 Å². The van der Waals surface area contributed by atoms with Crippen molar-refractivity contribution in [1.29, 1.82) is 0 Å². The smallest absolute Gasteiger partial charge is 0.315 e. The highest BCUT2D eigenvalue weighted by Gasteiger charge is 2.05. The summed E-state index contributed by atoms with van der Waals surface area (Å²) >= 11 is 0. The summed E-state index contributed by atoms with van der Waals surface area (Å²) < 4.78 is 11.2. The summed E-state index contributed by atoms with van der Waals surface area (Å²) in [6.45, 7) is 2.63. The minimum Gasteiger partial charge on any atom is -0.391 e. The topological polar surface area (TPSA) is 78.4 Å². The molecule has 2 amide bonds. The quantitative estimate of drug-likeness (QED) is 0.711. The number of hydrogen-bond donors (Lipinski definition) is 3. The zero-order chi connectivity index (χ0) is 15.0. The van der Waals surface area contributed by atoms with Gasteiger partial charge in [-0.2, -0.15) is 0 Å². The van der Waals surface area contributed by atoms with Gasteiger partial charge in [0, 0.05) is 35.0 Å². The Labute approximate surface area is 122 Å². The molecule has 0 spiro atoms. The Morgan fingerprint density at radius 2 is 1.95 bits per heavy atom. The molecule has 0 bridgehead atoms. The average molecular weight is 298 g/mol. The van der Waals surface area contributed by atoms with Crippen LogP contribution >= 0.6 is 0 Å². The molecule has 0 saturated heterocycles. The van der Waals surface area contributed by atoms with E-state index in [2.05, 4.69) is 10.6 Å². The van der Waals surface area contributed by atoms with E-state index in [0.29, 0.717) is 13.0 Å². The van der Waals surface area contributed by atoms with Gasteiger partial charge < -0.3 is 15.7 Å². The van der Waals surface area contributed by atoms with Gasteiger partial charge in [-0.1, -0.05) is 25.5 Å². The lowest BCUT2D eigenvalue weighted by Gasteiger charge is -2.11. The van der Waals surface area contributed by atoms with Crippen molar-refractivity contribution in [2.24, 2.45) is 0 Å². The molecule has 0 aliphatic rings. The largest absolute Gasteiger partial charge is 0.391 e. The number of aliphatic hydroxyl groups is 1. The fourth-order valence-corrected chi connectivity index (χ4v) is 2.21. The van der Waals surface area contributed by atoms with Crippen LogP contribution < -0.4 is 10.6 Å². The first kappa shape index (κ1) is 16.7. The maximum atomic E-state index is 11.5. The molecule has 3 N–H and O–H groups in total. The number of urea groups is 1. The van der Waals surface area contributed by atoms with Crippen LogP contribution in [-0.2, 0) is 17.3 Å². The average Bonchev–Trinajstić information content (AvgIpc) is 2.43. The Morgan fingerprint density at radius 1 is 1.30 bits per heavy atom. The molecule has 1 rings (SSSR count). The number of amides is 2. The van der Waals surface area contributed by atoms with E-state index < -0.39 is 16.9 Å². The standard InChI is InChI=1S/C14H22N2O3S/c1-3-4-12(17)10-16-14(18)15-9-11-5-7-13(8-6-11)20(2)19/h5-8,12,17H,3-4,9-10H2,1-2H3,(H2,15,16,18). The molecule has 5 nitrogen and oxygen atoms in total. The third-order valence-corrected chi connectivity index (χ3v) is 3.76. The second-order valence-electron chi connectivity index (χ2n) is 4.60. The second-order valence-corrected chi connectivity index (χ2v) is 5.98. The van der Waals surface area contributed by atoms with Crippen LogP contribution in [0.3, 0.4) is 0 Å². The highest BCUT2D eigenvalue weighted by Crippen LogP contribution is 2.07. The molecule has 0 aliphatic carbocycles. The van der Waals surface area contributed by atoms with Gasteiger partial charge in [-0.3, -0.25) is 4.21 Å². The zero-order valence-electron chi connectivity index (χ0n) is 11.9. The predicted octanol–water partition coefficient (Wildman–Crippen LogP) is 1.38. The van der Waals surface area contributed by atoms with E-state index >= 15 is 0 Å². The SMILES string of the molecule is CCCC(O)CNC(=O)NCc1ccc(S(C)=O)cc1. The number of rotatable bonds is 7. The van der Waals surface area contributed by atoms with Gasteiger partial charge in [0.2, 0.25) is 0 Å². The van der Waals surface area contributed by atoms with E-state index in [9.17, 15) is 14.1 Å². The van der Waals surface area contributed by atoms with Crippen molar-refractivity contribution in [1.82, 2.24) is 10.6 Å². The van der Waals surface area contributed by atoms with Crippen LogP contribution in [-0.4, -0.2) is 34.3 Å². The van der Waals surface area contributed by atoms with Crippen LogP contribution in [0.2, 0.25) is 0 Å². The Hall–Kier alpha value is -1.40. The molecule has 0 aromatic heterocycles. The fraction of sp³-hybridized carbons (Fsp3) is 0.500. The van der Waals surface area contributed by atoms with Crippen LogP contribution in [0.5, 0.6) is 0 Å². The zero-order valence-corrected chi connectivity index (χ0v) is 12.7. The van der Waals surface area contributed by atoms with Gasteiger partial charge in [-0.15, -0.1) is 0 Å². The van der Waals surface area contributed by atoms with E-state index in [1.54, 1.807) is 18.4 Å². The number of carbonyl (C=O) groups is 1. The number of hydrogen-bond acceptors (Lipinski definition) is 3. The van der Waals surface area contributed by atoms with Crippen LogP contribution in [0, 0.1) is 0 Å². The Balaban J connectivity index is 2.32. The van der Waals surface area contributed by atoms with Crippen LogP contribution in [0.15, 0.2) is 29.2 Å². The first-order chi connectivity index (χ1) is 9.52. The van der Waals surface area contributed by atoms with Crippen molar-refractivity contribution in [3.63, 3.8) is 0 Å². The maximum Gasteiger partial charge on any atom is 0.315 e. The molecule has 0 heterocycles. The highest BCUT2D eigenvalue weighted by atomic mass is 32.2. The fourth-order valence-electron chi connectivity index (χ4n) is 1.69. The Morgan fingerprint density at radius 3 is 2.50 bits per heavy atom. The number of carbonyl (C=O) groups excluding carboxylic acids is 1. The first-order valence-corrected chi connectivity index (χ1v) is 8.21. The predicted molar refractivity (Wildman–Crippen MR) is 79.9 cm³/mol. The molecule has 0 saturated carbocycles. The van der Waals surface area contributed by atoms with E-state index in [-0.39, 0.29) is 12.6 Å². The minimum atomic E-state index is -0.988. The number of nitrogens with one attached hydrogen (secondary N) is 2. The summed E-state index contributed by atoms with van der Waals surface area (Å²) in [5.74, 6) is 0. The van der Waals surface area contributed by atoms with Crippen LogP contribution in [0.4, 0.5) is 4.79 Å². The molecule has 0 aliphatic heterocycles. The first-order valence-electron chi connectivity index (χ1n) is 6.65. The lowest BCUT2D eigenvalue weighted by Crippen LogP contribution is -2.39. The molecule has 2 unspecified atom stereocenters. The lowest BCUT2D eigenvalue weighted by atomic mass is 10.2.